The van der Waals surface area contributed by atoms with Gasteiger partial charge in [-0.2, -0.15) is 0 Å². The summed E-state index contributed by atoms with van der Waals surface area (Å²) < 4.78 is 1.98. The number of halogens is 1. The van der Waals surface area contributed by atoms with Crippen LogP contribution in [0.1, 0.15) is 24.7 Å². The molecule has 1 aliphatic carbocycles. The number of nitrogens with one attached hydrogen (secondary N) is 1. The van der Waals surface area contributed by atoms with Crippen molar-refractivity contribution in [3.05, 3.63) is 47.5 Å². The number of nitrogens with zero attached hydrogens (tertiary/aromatic N) is 2. The van der Waals surface area contributed by atoms with Crippen LogP contribution in [0.15, 0.2) is 41.6 Å². The van der Waals surface area contributed by atoms with Gasteiger partial charge in [-0.3, -0.25) is 4.79 Å². The average molecular weight is 336 g/mol. The minimum absolute atomic E-state index is 0.0262. The fourth-order valence-electron chi connectivity index (χ4n) is 2.39. The molecule has 2 aromatic rings. The van der Waals surface area contributed by atoms with Gasteiger partial charge in [0.05, 0.1) is 11.8 Å². The van der Waals surface area contributed by atoms with Gasteiger partial charge in [0.1, 0.15) is 5.82 Å². The molecule has 1 amide bonds. The normalized spacial score (nSPS) is 15.5. The van der Waals surface area contributed by atoms with Gasteiger partial charge in [-0.25, -0.2) is 4.98 Å². The molecule has 1 aromatic carbocycles. The second kappa shape index (κ2) is 6.75. The van der Waals surface area contributed by atoms with Crippen LogP contribution < -0.4 is 5.32 Å². The highest BCUT2D eigenvalue weighted by atomic mass is 35.5. The van der Waals surface area contributed by atoms with Crippen LogP contribution in [0.25, 0.3) is 0 Å². The van der Waals surface area contributed by atoms with Crippen LogP contribution >= 0.6 is 23.4 Å². The minimum Gasteiger partial charge on any atom is -0.345 e. The fourth-order valence-corrected chi connectivity index (χ4v) is 3.23. The number of imidazole rings is 1. The summed E-state index contributed by atoms with van der Waals surface area (Å²) in [6.07, 6.45) is 6.00. The van der Waals surface area contributed by atoms with Crippen LogP contribution in [0.2, 0.25) is 5.02 Å². The quantitative estimate of drug-likeness (QED) is 0.823. The van der Waals surface area contributed by atoms with E-state index in [1.807, 2.05) is 42.1 Å². The summed E-state index contributed by atoms with van der Waals surface area (Å²) in [6, 6.07) is 7.55. The first-order valence-corrected chi connectivity index (χ1v) is 8.65. The number of carbonyl (C=O) groups excluding carboxylic acids is 1. The molecule has 1 aliphatic rings. The minimum atomic E-state index is 0.0262. The molecule has 0 radical (unpaired) electrons. The molecule has 0 aliphatic heterocycles. The summed E-state index contributed by atoms with van der Waals surface area (Å²) in [5.74, 6) is 1.90. The van der Waals surface area contributed by atoms with Gasteiger partial charge < -0.3 is 9.88 Å². The summed E-state index contributed by atoms with van der Waals surface area (Å²) in [6.45, 7) is 0. The molecule has 1 aromatic heterocycles. The standard InChI is InChI=1S/C16H18ClN3OS/c1-20-9-8-18-16(20)15(11-2-3-11)19-14(21)10-22-13-6-4-12(17)5-7-13/h4-9,11,15H,2-3,10H2,1H3,(H,19,21)/t15-/m0/s1. The summed E-state index contributed by atoms with van der Waals surface area (Å²) in [5.41, 5.74) is 0. The van der Waals surface area contributed by atoms with Gasteiger partial charge in [0.15, 0.2) is 0 Å². The van der Waals surface area contributed by atoms with E-state index in [0.717, 1.165) is 23.6 Å². The van der Waals surface area contributed by atoms with Gasteiger partial charge in [-0.15, -0.1) is 11.8 Å². The average Bonchev–Trinajstić information content (AvgIpc) is 3.26. The third-order valence-corrected chi connectivity index (χ3v) is 4.99. The first-order chi connectivity index (χ1) is 10.6. The van der Waals surface area contributed by atoms with Crippen molar-refractivity contribution in [1.82, 2.24) is 14.9 Å². The van der Waals surface area contributed by atoms with Gasteiger partial charge in [0.2, 0.25) is 5.91 Å². The highest BCUT2D eigenvalue weighted by Crippen LogP contribution is 2.40. The lowest BCUT2D eigenvalue weighted by molar-refractivity contribution is -0.119. The maximum atomic E-state index is 12.2. The van der Waals surface area contributed by atoms with Crippen LogP contribution in [0.4, 0.5) is 0 Å². The van der Waals surface area contributed by atoms with Crippen molar-refractivity contribution in [2.75, 3.05) is 5.75 Å². The molecular formula is C16H18ClN3OS. The van der Waals surface area contributed by atoms with Gasteiger partial charge in [-0.1, -0.05) is 11.6 Å². The number of aromatic nitrogens is 2. The van der Waals surface area contributed by atoms with Crippen LogP contribution in [0, 0.1) is 5.92 Å². The monoisotopic (exact) mass is 335 g/mol. The molecule has 1 heterocycles. The molecule has 1 atom stereocenters. The van der Waals surface area contributed by atoms with E-state index >= 15 is 0 Å². The molecule has 4 nitrogen and oxygen atoms in total. The van der Waals surface area contributed by atoms with E-state index in [2.05, 4.69) is 10.3 Å². The zero-order chi connectivity index (χ0) is 15.5. The topological polar surface area (TPSA) is 46.9 Å². The molecule has 3 rings (SSSR count). The number of carbonyl (C=O) groups is 1. The Morgan fingerprint density at radius 2 is 2.18 bits per heavy atom. The molecular weight excluding hydrogens is 318 g/mol. The Morgan fingerprint density at radius 1 is 1.45 bits per heavy atom. The number of rotatable bonds is 6. The largest absolute Gasteiger partial charge is 0.345 e. The summed E-state index contributed by atoms with van der Waals surface area (Å²) in [5, 5.41) is 3.84. The van der Waals surface area contributed by atoms with Crippen molar-refractivity contribution in [2.24, 2.45) is 13.0 Å². The maximum absolute atomic E-state index is 12.2. The Morgan fingerprint density at radius 3 is 2.77 bits per heavy atom. The highest BCUT2D eigenvalue weighted by Gasteiger charge is 2.35. The number of thioether (sulfide) groups is 1. The van der Waals surface area contributed by atoms with Crippen molar-refractivity contribution in [2.45, 2.75) is 23.8 Å². The van der Waals surface area contributed by atoms with Crippen molar-refractivity contribution in [1.29, 1.82) is 0 Å². The lowest BCUT2D eigenvalue weighted by Gasteiger charge is -2.18. The van der Waals surface area contributed by atoms with E-state index in [9.17, 15) is 4.79 Å². The second-order valence-electron chi connectivity index (χ2n) is 5.52. The first kappa shape index (κ1) is 15.4. The molecule has 0 spiro atoms. The van der Waals surface area contributed by atoms with Crippen molar-refractivity contribution >= 4 is 29.3 Å². The third kappa shape index (κ3) is 3.84. The Kier molecular flexibility index (Phi) is 4.74. The predicted molar refractivity (Wildman–Crippen MR) is 89.0 cm³/mol. The van der Waals surface area contributed by atoms with Gasteiger partial charge in [0, 0.05) is 29.4 Å². The van der Waals surface area contributed by atoms with Crippen molar-refractivity contribution in [3.8, 4) is 0 Å². The van der Waals surface area contributed by atoms with E-state index in [1.165, 1.54) is 11.8 Å². The number of hydrogen-bond acceptors (Lipinski definition) is 3. The van der Waals surface area contributed by atoms with Crippen LogP contribution in [0.3, 0.4) is 0 Å². The molecule has 1 N–H and O–H groups in total. The van der Waals surface area contributed by atoms with E-state index in [0.29, 0.717) is 16.7 Å². The number of amides is 1. The lowest BCUT2D eigenvalue weighted by atomic mass is 10.1. The first-order valence-electron chi connectivity index (χ1n) is 7.28. The van der Waals surface area contributed by atoms with Crippen LogP contribution in [0.5, 0.6) is 0 Å². The zero-order valence-corrected chi connectivity index (χ0v) is 13.9. The molecule has 1 saturated carbocycles. The number of aryl methyl sites for hydroxylation is 1. The predicted octanol–water partition coefficient (Wildman–Crippen LogP) is 3.43. The van der Waals surface area contributed by atoms with Crippen LogP contribution in [-0.2, 0) is 11.8 Å². The van der Waals surface area contributed by atoms with Gasteiger partial charge >= 0.3 is 0 Å². The Balaban J connectivity index is 1.58. The zero-order valence-electron chi connectivity index (χ0n) is 12.3. The number of hydrogen-bond donors (Lipinski definition) is 1. The molecule has 0 unspecified atom stereocenters. The molecule has 116 valence electrons. The second-order valence-corrected chi connectivity index (χ2v) is 7.01. The highest BCUT2D eigenvalue weighted by molar-refractivity contribution is 8.00. The van der Waals surface area contributed by atoms with E-state index in [-0.39, 0.29) is 11.9 Å². The summed E-state index contributed by atoms with van der Waals surface area (Å²) in [7, 11) is 1.96. The smallest absolute Gasteiger partial charge is 0.230 e. The summed E-state index contributed by atoms with van der Waals surface area (Å²) in [4.78, 5) is 17.7. The lowest BCUT2D eigenvalue weighted by Crippen LogP contribution is -2.32. The Labute approximate surface area is 139 Å². The van der Waals surface area contributed by atoms with Crippen molar-refractivity contribution in [3.63, 3.8) is 0 Å². The SMILES string of the molecule is Cn1ccnc1[C@@H](NC(=O)CSc1ccc(Cl)cc1)C1CC1. The Bertz CT molecular complexity index is 652. The van der Waals surface area contributed by atoms with Gasteiger partial charge in [-0.05, 0) is 43.0 Å². The van der Waals surface area contributed by atoms with E-state index < -0.39 is 0 Å². The van der Waals surface area contributed by atoms with Crippen molar-refractivity contribution < 1.29 is 4.79 Å². The number of benzene rings is 1. The summed E-state index contributed by atoms with van der Waals surface area (Å²) >= 11 is 7.37. The molecule has 1 fully saturated rings. The Hall–Kier alpha value is -1.46. The molecule has 0 saturated heterocycles. The van der Waals surface area contributed by atoms with Gasteiger partial charge in [0.25, 0.3) is 0 Å². The fraction of sp³-hybridized carbons (Fsp3) is 0.375. The van der Waals surface area contributed by atoms with E-state index in [1.54, 1.807) is 6.20 Å². The van der Waals surface area contributed by atoms with E-state index in [4.69, 9.17) is 11.6 Å². The maximum Gasteiger partial charge on any atom is 0.230 e. The molecule has 6 heteroatoms. The molecule has 0 bridgehead atoms. The molecule has 22 heavy (non-hydrogen) atoms. The third-order valence-electron chi connectivity index (χ3n) is 3.73. The van der Waals surface area contributed by atoms with Crippen LogP contribution in [-0.4, -0.2) is 21.2 Å².